The van der Waals surface area contributed by atoms with Crippen molar-refractivity contribution >= 4 is 11.7 Å². The molecule has 0 spiro atoms. The normalized spacial score (nSPS) is 15.2. The fourth-order valence-corrected chi connectivity index (χ4v) is 3.96. The summed E-state index contributed by atoms with van der Waals surface area (Å²) in [7, 11) is 0. The van der Waals surface area contributed by atoms with Gasteiger partial charge < -0.3 is 10.6 Å². The van der Waals surface area contributed by atoms with Crippen LogP contribution in [0.25, 0.3) is 11.1 Å². The van der Waals surface area contributed by atoms with Gasteiger partial charge in [0.2, 0.25) is 0 Å². The van der Waals surface area contributed by atoms with Gasteiger partial charge in [0.15, 0.2) is 0 Å². The highest BCUT2D eigenvalue weighted by molar-refractivity contribution is 5.90. The molecule has 1 aromatic carbocycles. The molecule has 2 heterocycles. The quantitative estimate of drug-likeness (QED) is 0.674. The van der Waals surface area contributed by atoms with Crippen LogP contribution in [0.4, 0.5) is 10.5 Å². The lowest BCUT2D eigenvalue weighted by molar-refractivity contribution is 0.236. The monoisotopic (exact) mass is 372 g/mol. The Labute approximate surface area is 165 Å². The lowest BCUT2D eigenvalue weighted by Crippen LogP contribution is -2.45. The van der Waals surface area contributed by atoms with Crippen LogP contribution in [0.5, 0.6) is 0 Å². The van der Waals surface area contributed by atoms with Crippen LogP contribution in [-0.2, 0) is 5.54 Å². The van der Waals surface area contributed by atoms with Crippen LogP contribution in [0, 0.1) is 6.92 Å². The van der Waals surface area contributed by atoms with Gasteiger partial charge in [0.25, 0.3) is 0 Å². The highest BCUT2D eigenvalue weighted by Gasteiger charge is 2.37. The fourth-order valence-electron chi connectivity index (χ4n) is 3.96. The molecule has 28 heavy (non-hydrogen) atoms. The lowest BCUT2D eigenvalue weighted by atomic mass is 9.89. The number of hydrogen-bond donors (Lipinski definition) is 2. The first-order valence-electron chi connectivity index (χ1n) is 9.67. The van der Waals surface area contributed by atoms with Gasteiger partial charge >= 0.3 is 6.03 Å². The summed E-state index contributed by atoms with van der Waals surface area (Å²) in [5.41, 5.74) is 4.71. The maximum atomic E-state index is 12.7. The zero-order valence-electron chi connectivity index (χ0n) is 16.0. The van der Waals surface area contributed by atoms with Crippen molar-refractivity contribution in [1.82, 2.24) is 15.3 Å². The number of anilines is 1. The zero-order chi connectivity index (χ0) is 19.4. The van der Waals surface area contributed by atoms with E-state index in [9.17, 15) is 4.79 Å². The number of aryl methyl sites for hydroxylation is 1. The van der Waals surface area contributed by atoms with Gasteiger partial charge in [-0.15, -0.1) is 0 Å². The average molecular weight is 372 g/mol. The number of hydrogen-bond acceptors (Lipinski definition) is 3. The van der Waals surface area contributed by atoms with E-state index < -0.39 is 0 Å². The Bertz CT molecular complexity index is 948. The predicted octanol–water partition coefficient (Wildman–Crippen LogP) is 5.04. The zero-order valence-corrected chi connectivity index (χ0v) is 16.0. The molecule has 0 aliphatic heterocycles. The highest BCUT2D eigenvalue weighted by Crippen LogP contribution is 2.38. The summed E-state index contributed by atoms with van der Waals surface area (Å²) in [6.45, 7) is 1.98. The Hall–Kier alpha value is -3.21. The predicted molar refractivity (Wildman–Crippen MR) is 111 cm³/mol. The first-order chi connectivity index (χ1) is 13.6. The molecule has 3 aromatic rings. The first kappa shape index (κ1) is 18.2. The number of urea groups is 1. The van der Waals surface area contributed by atoms with E-state index in [0.29, 0.717) is 0 Å². The van der Waals surface area contributed by atoms with Crippen molar-refractivity contribution in [3.05, 3.63) is 78.4 Å². The van der Waals surface area contributed by atoms with E-state index in [1.165, 1.54) is 0 Å². The SMILES string of the molecule is Cc1cc(-c2ccc(NC(=O)NC3(c4cccnc4)CCCC3)cc2)ccn1. The molecule has 1 fully saturated rings. The second kappa shape index (κ2) is 7.80. The van der Waals surface area contributed by atoms with E-state index in [1.54, 1.807) is 6.20 Å². The Balaban J connectivity index is 1.46. The summed E-state index contributed by atoms with van der Waals surface area (Å²) in [6.07, 6.45) is 9.52. The van der Waals surface area contributed by atoms with Crippen molar-refractivity contribution < 1.29 is 4.79 Å². The van der Waals surface area contributed by atoms with Crippen molar-refractivity contribution in [3.8, 4) is 11.1 Å². The van der Waals surface area contributed by atoms with E-state index >= 15 is 0 Å². The van der Waals surface area contributed by atoms with E-state index in [4.69, 9.17) is 0 Å². The average Bonchev–Trinajstić information content (AvgIpc) is 3.19. The number of nitrogens with zero attached hydrogens (tertiary/aromatic N) is 2. The molecule has 5 heteroatoms. The molecule has 2 N–H and O–H groups in total. The number of aromatic nitrogens is 2. The van der Waals surface area contributed by atoms with Gasteiger partial charge in [-0.05, 0) is 66.8 Å². The number of benzene rings is 1. The molecule has 5 nitrogen and oxygen atoms in total. The van der Waals surface area contributed by atoms with Gasteiger partial charge in [0, 0.05) is 30.0 Å². The molecule has 0 atom stereocenters. The van der Waals surface area contributed by atoms with Crippen molar-refractivity contribution in [1.29, 1.82) is 0 Å². The first-order valence-corrected chi connectivity index (χ1v) is 9.67. The van der Waals surface area contributed by atoms with Crippen LogP contribution in [0.15, 0.2) is 67.1 Å². The molecule has 0 saturated heterocycles. The molecule has 142 valence electrons. The van der Waals surface area contributed by atoms with Crippen molar-refractivity contribution in [3.63, 3.8) is 0 Å². The van der Waals surface area contributed by atoms with Crippen molar-refractivity contribution in [2.45, 2.75) is 38.1 Å². The number of rotatable bonds is 4. The summed E-state index contributed by atoms with van der Waals surface area (Å²) in [6, 6.07) is 15.7. The summed E-state index contributed by atoms with van der Waals surface area (Å²) < 4.78 is 0. The number of amides is 2. The van der Waals surface area contributed by atoms with Crippen molar-refractivity contribution in [2.24, 2.45) is 0 Å². The second-order valence-corrected chi connectivity index (χ2v) is 7.37. The minimum Gasteiger partial charge on any atom is -0.328 e. The second-order valence-electron chi connectivity index (χ2n) is 7.37. The van der Waals surface area contributed by atoms with Crippen LogP contribution in [0.2, 0.25) is 0 Å². The smallest absolute Gasteiger partial charge is 0.319 e. The summed E-state index contributed by atoms with van der Waals surface area (Å²) >= 11 is 0. The number of pyridine rings is 2. The Morgan fingerprint density at radius 1 is 1.00 bits per heavy atom. The topological polar surface area (TPSA) is 66.9 Å². The molecule has 4 rings (SSSR count). The van der Waals surface area contributed by atoms with Crippen LogP contribution in [-0.4, -0.2) is 16.0 Å². The maximum absolute atomic E-state index is 12.7. The van der Waals surface area contributed by atoms with E-state index in [0.717, 1.165) is 53.8 Å². The van der Waals surface area contributed by atoms with Gasteiger partial charge in [0.05, 0.1) is 5.54 Å². The van der Waals surface area contributed by atoms with Crippen LogP contribution < -0.4 is 10.6 Å². The highest BCUT2D eigenvalue weighted by atomic mass is 16.2. The molecule has 2 aromatic heterocycles. The number of carbonyl (C=O) groups is 1. The fraction of sp³-hybridized carbons (Fsp3) is 0.261. The Morgan fingerprint density at radius 3 is 2.46 bits per heavy atom. The number of carbonyl (C=O) groups excluding carboxylic acids is 1. The van der Waals surface area contributed by atoms with Crippen molar-refractivity contribution in [2.75, 3.05) is 5.32 Å². The van der Waals surface area contributed by atoms with Gasteiger partial charge in [-0.2, -0.15) is 0 Å². The third-order valence-corrected chi connectivity index (χ3v) is 5.40. The number of nitrogens with one attached hydrogen (secondary N) is 2. The molecule has 1 aliphatic carbocycles. The molecular formula is C23H24N4O. The minimum atomic E-state index is -0.327. The lowest BCUT2D eigenvalue weighted by Gasteiger charge is -2.30. The van der Waals surface area contributed by atoms with Gasteiger partial charge in [-0.25, -0.2) is 4.79 Å². The Morgan fingerprint density at radius 2 is 1.79 bits per heavy atom. The standard InChI is InChI=1S/C23H24N4O/c1-17-15-19(10-14-25-17)18-6-8-21(9-7-18)26-22(28)27-23(11-2-3-12-23)20-5-4-13-24-16-20/h4-10,13-16H,2-3,11-12H2,1H3,(H2,26,27,28). The van der Waals surface area contributed by atoms with Crippen LogP contribution in [0.1, 0.15) is 36.9 Å². The molecule has 0 bridgehead atoms. The van der Waals surface area contributed by atoms with Gasteiger partial charge in [0.1, 0.15) is 0 Å². The minimum absolute atomic E-state index is 0.182. The third-order valence-electron chi connectivity index (χ3n) is 5.40. The molecule has 0 unspecified atom stereocenters. The maximum Gasteiger partial charge on any atom is 0.319 e. The molecule has 1 saturated carbocycles. The molecular weight excluding hydrogens is 348 g/mol. The Kier molecular flexibility index (Phi) is 5.06. The van der Waals surface area contributed by atoms with Crippen LogP contribution >= 0.6 is 0 Å². The van der Waals surface area contributed by atoms with Gasteiger partial charge in [-0.3, -0.25) is 9.97 Å². The van der Waals surface area contributed by atoms with E-state index in [2.05, 4.69) is 20.6 Å². The van der Waals surface area contributed by atoms with Crippen LogP contribution in [0.3, 0.4) is 0 Å². The summed E-state index contributed by atoms with van der Waals surface area (Å²) in [5.74, 6) is 0. The van der Waals surface area contributed by atoms with E-state index in [-0.39, 0.29) is 11.6 Å². The molecule has 2 amide bonds. The summed E-state index contributed by atoms with van der Waals surface area (Å²) in [4.78, 5) is 21.2. The van der Waals surface area contributed by atoms with Gasteiger partial charge in [-0.1, -0.05) is 31.0 Å². The third kappa shape index (κ3) is 3.88. The summed E-state index contributed by atoms with van der Waals surface area (Å²) in [5, 5.41) is 6.18. The van der Waals surface area contributed by atoms with E-state index in [1.807, 2.05) is 67.8 Å². The molecule has 0 radical (unpaired) electrons. The largest absolute Gasteiger partial charge is 0.328 e. The molecule has 1 aliphatic rings.